The quantitative estimate of drug-likeness (QED) is 0.0149. The van der Waals surface area contributed by atoms with Crippen molar-refractivity contribution in [3.8, 4) is 0 Å². The zero-order valence-electron chi connectivity index (χ0n) is 51.3. The molecule has 0 aromatic carbocycles. The molecular weight excluding hydrogens is 1030 g/mol. The first-order valence-electron chi connectivity index (χ1n) is 32.2. The summed E-state index contributed by atoms with van der Waals surface area (Å²) >= 11 is 0. The van der Waals surface area contributed by atoms with Gasteiger partial charge < -0.3 is 45.1 Å². The fraction of sp³-hybridized carbons (Fsp3) is 0.634. The van der Waals surface area contributed by atoms with Gasteiger partial charge in [-0.25, -0.2) is 0 Å². The molecule has 1 heterocycles. The zero-order chi connectivity index (χ0) is 59.6. The van der Waals surface area contributed by atoms with Crippen LogP contribution in [0.15, 0.2) is 146 Å². The van der Waals surface area contributed by atoms with E-state index in [-0.39, 0.29) is 19.4 Å². The van der Waals surface area contributed by atoms with Gasteiger partial charge in [0.15, 0.2) is 12.4 Å². The lowest BCUT2D eigenvalue weighted by Crippen LogP contribution is -2.61. The van der Waals surface area contributed by atoms with E-state index in [9.17, 15) is 35.1 Å². The van der Waals surface area contributed by atoms with Gasteiger partial charge in [-0.3, -0.25) is 9.59 Å². The molecule has 6 N–H and O–H groups in total. The van der Waals surface area contributed by atoms with Gasteiger partial charge in [-0.15, -0.1) is 0 Å². The average Bonchev–Trinajstić information content (AvgIpc) is 3.68. The van der Waals surface area contributed by atoms with Crippen LogP contribution in [0.25, 0.3) is 0 Å². The molecule has 1 saturated heterocycles. The van der Waals surface area contributed by atoms with Crippen LogP contribution in [0, 0.1) is 0 Å². The minimum Gasteiger partial charge on any atom is -0.454 e. The molecule has 1 amide bonds. The first-order chi connectivity index (χ1) is 40.2. The van der Waals surface area contributed by atoms with Crippen LogP contribution in [-0.4, -0.2) is 99.6 Å². The van der Waals surface area contributed by atoms with Crippen LogP contribution in [-0.2, 0) is 23.8 Å². The van der Waals surface area contributed by atoms with Gasteiger partial charge in [-0.2, -0.15) is 0 Å². The number of carbonyl (C=O) groups is 2. The number of allylic oxidation sites excluding steroid dienone is 23. The van der Waals surface area contributed by atoms with Crippen molar-refractivity contribution in [3.63, 3.8) is 0 Å². The second-order valence-corrected chi connectivity index (χ2v) is 21.5. The number of aliphatic hydroxyl groups excluding tert-OH is 5. The molecule has 8 unspecified atom stereocenters. The molecule has 464 valence electrons. The van der Waals surface area contributed by atoms with Gasteiger partial charge in [0.1, 0.15) is 24.4 Å². The summed E-state index contributed by atoms with van der Waals surface area (Å²) in [5.41, 5.74) is 0. The van der Waals surface area contributed by atoms with Crippen molar-refractivity contribution in [3.05, 3.63) is 146 Å². The van der Waals surface area contributed by atoms with Crippen molar-refractivity contribution in [2.45, 2.75) is 275 Å². The summed E-state index contributed by atoms with van der Waals surface area (Å²) in [4.78, 5) is 26.6. The van der Waals surface area contributed by atoms with Crippen LogP contribution in [0.5, 0.6) is 0 Å². The maximum atomic E-state index is 13.5. The number of unbranched alkanes of at least 4 members (excludes halogenated alkanes) is 20. The van der Waals surface area contributed by atoms with Crippen molar-refractivity contribution >= 4 is 11.9 Å². The monoisotopic (exact) mass is 1140 g/mol. The van der Waals surface area contributed by atoms with Crippen LogP contribution < -0.4 is 5.32 Å². The Morgan fingerprint density at radius 2 is 0.939 bits per heavy atom. The predicted molar refractivity (Wildman–Crippen MR) is 342 cm³/mol. The van der Waals surface area contributed by atoms with Gasteiger partial charge in [0, 0.05) is 6.42 Å². The summed E-state index contributed by atoms with van der Waals surface area (Å²) in [6, 6.07) is -1.05. The van der Waals surface area contributed by atoms with Crippen molar-refractivity contribution in [2.75, 3.05) is 13.2 Å². The Hall–Kier alpha value is -4.46. The molecule has 0 bridgehead atoms. The van der Waals surface area contributed by atoms with Crippen molar-refractivity contribution < 1.29 is 49.3 Å². The third-order valence-corrected chi connectivity index (χ3v) is 14.1. The summed E-state index contributed by atoms with van der Waals surface area (Å²) in [5.74, 6) is -1.26. The van der Waals surface area contributed by atoms with Crippen LogP contribution in [0.3, 0.4) is 0 Å². The molecular formula is C71H115NO10. The van der Waals surface area contributed by atoms with Crippen molar-refractivity contribution in [2.24, 2.45) is 0 Å². The second-order valence-electron chi connectivity index (χ2n) is 21.5. The molecule has 0 spiro atoms. The van der Waals surface area contributed by atoms with Gasteiger partial charge in [-0.1, -0.05) is 269 Å². The number of carbonyl (C=O) groups excluding carboxylic acids is 2. The van der Waals surface area contributed by atoms with E-state index in [0.29, 0.717) is 12.8 Å². The Bertz CT molecular complexity index is 1890. The van der Waals surface area contributed by atoms with Gasteiger partial charge in [0.25, 0.3) is 0 Å². The molecule has 0 aliphatic carbocycles. The second kappa shape index (κ2) is 57.0. The number of aliphatic hydroxyl groups is 5. The van der Waals surface area contributed by atoms with Crippen LogP contribution >= 0.6 is 0 Å². The van der Waals surface area contributed by atoms with Gasteiger partial charge >= 0.3 is 5.97 Å². The highest BCUT2D eigenvalue weighted by Gasteiger charge is 2.47. The van der Waals surface area contributed by atoms with Gasteiger partial charge in [-0.05, 0) is 96.3 Å². The summed E-state index contributed by atoms with van der Waals surface area (Å²) in [7, 11) is 0. The predicted octanol–water partition coefficient (Wildman–Crippen LogP) is 15.8. The molecule has 11 nitrogen and oxygen atoms in total. The maximum absolute atomic E-state index is 13.5. The SMILES string of the molecule is CC/C=C\C/C=C\C/C=C\C/C=C\C/C=C\C/C=C\CCCCCCCCCC(O)C(=O)NC(COC1OC(CO)C(O)C(O)C1OC(=O)CCCCC/C=C/C=C\C=C/C=C/C=C/CC)C(O)/C=C/CCCCCCCCCCCC. The number of esters is 1. The Morgan fingerprint density at radius 1 is 0.500 bits per heavy atom. The summed E-state index contributed by atoms with van der Waals surface area (Å²) < 4.78 is 17.6. The minimum absolute atomic E-state index is 0.0652. The number of nitrogens with one attached hydrogen (secondary N) is 1. The Labute approximate surface area is 498 Å². The number of amides is 1. The largest absolute Gasteiger partial charge is 0.454 e. The fourth-order valence-electron chi connectivity index (χ4n) is 9.09. The number of rotatable bonds is 52. The highest BCUT2D eigenvalue weighted by molar-refractivity contribution is 5.80. The number of hydrogen-bond acceptors (Lipinski definition) is 10. The summed E-state index contributed by atoms with van der Waals surface area (Å²) in [6.45, 7) is 5.48. The summed E-state index contributed by atoms with van der Waals surface area (Å²) in [6.07, 6.45) is 71.7. The average molecular weight is 1140 g/mol. The lowest BCUT2D eigenvalue weighted by molar-refractivity contribution is -0.305. The van der Waals surface area contributed by atoms with Gasteiger partial charge in [0.2, 0.25) is 5.91 Å². The summed E-state index contributed by atoms with van der Waals surface area (Å²) in [5, 5.41) is 57.0. The number of ether oxygens (including phenoxy) is 3. The third-order valence-electron chi connectivity index (χ3n) is 14.1. The Balaban J connectivity index is 2.66. The van der Waals surface area contributed by atoms with Crippen LogP contribution in [0.4, 0.5) is 0 Å². The molecule has 0 radical (unpaired) electrons. The molecule has 0 aromatic rings. The van der Waals surface area contributed by atoms with Crippen LogP contribution in [0.1, 0.15) is 226 Å². The molecule has 1 aliphatic heterocycles. The Morgan fingerprint density at radius 3 is 1.46 bits per heavy atom. The topological polar surface area (TPSA) is 175 Å². The molecule has 11 heteroatoms. The van der Waals surface area contributed by atoms with Crippen LogP contribution in [0.2, 0.25) is 0 Å². The zero-order valence-corrected chi connectivity index (χ0v) is 51.3. The first kappa shape index (κ1) is 75.6. The third kappa shape index (κ3) is 44.1. The molecule has 1 aliphatic rings. The van der Waals surface area contributed by atoms with Crippen molar-refractivity contribution in [1.29, 1.82) is 0 Å². The highest BCUT2D eigenvalue weighted by atomic mass is 16.7. The first-order valence-corrected chi connectivity index (χ1v) is 32.2. The van der Waals surface area contributed by atoms with E-state index in [1.165, 1.54) is 51.4 Å². The van der Waals surface area contributed by atoms with E-state index in [4.69, 9.17) is 14.2 Å². The molecule has 1 rings (SSSR count). The minimum atomic E-state index is -1.64. The molecule has 8 atom stereocenters. The normalized spacial score (nSPS) is 19.6. The molecule has 82 heavy (non-hydrogen) atoms. The van der Waals surface area contributed by atoms with Crippen molar-refractivity contribution in [1.82, 2.24) is 5.32 Å². The Kier molecular flexibility index (Phi) is 52.5. The van der Waals surface area contributed by atoms with E-state index in [0.717, 1.165) is 128 Å². The standard InChI is InChI=1S/C71H115NO10/c1-4-7-10-13-16-19-22-25-27-28-29-30-31-32-33-34-35-36-37-39-40-43-46-49-52-55-58-64(75)70(79)72-62(63(74)57-54-51-48-45-42-24-21-18-15-12-9-6-3)61-80-71-69(68(78)67(77)65(60-73)81-71)82-66(76)59-56-53-50-47-44-41-38-26-23-20-17-14-11-8-5-2/h7-8,10-11,14,16-17,19-20,23,25-27,29-30,32-33,35-36,38,41,44,54,57,62-65,67-69,71,73-75,77-78H,4-6,9,12-13,15,18,21-22,24,28,31,34,37,39-40,42-43,45-53,55-56,58-61H2,1-3H3,(H,72,79)/b10-7-,11-8+,17-14+,19-16-,23-20-,27-25-,30-29-,33-32-,36-35-,38-26-,44-41+,57-54+. The van der Waals surface area contributed by atoms with E-state index in [2.05, 4.69) is 111 Å². The lowest BCUT2D eigenvalue weighted by Gasteiger charge is -2.41. The smallest absolute Gasteiger partial charge is 0.306 e. The maximum Gasteiger partial charge on any atom is 0.306 e. The van der Waals surface area contributed by atoms with Gasteiger partial charge in [0.05, 0.1) is 25.4 Å². The van der Waals surface area contributed by atoms with E-state index < -0.39 is 67.4 Å². The number of hydrogen-bond donors (Lipinski definition) is 6. The lowest BCUT2D eigenvalue weighted by atomic mass is 9.99. The molecule has 0 aromatic heterocycles. The highest BCUT2D eigenvalue weighted by Crippen LogP contribution is 2.26. The van der Waals surface area contributed by atoms with E-state index in [1.807, 2.05) is 54.7 Å². The molecule has 0 saturated carbocycles. The molecule has 1 fully saturated rings. The van der Waals surface area contributed by atoms with E-state index in [1.54, 1.807) is 6.08 Å². The van der Waals surface area contributed by atoms with E-state index >= 15 is 0 Å². The fourth-order valence-corrected chi connectivity index (χ4v) is 9.09.